The summed E-state index contributed by atoms with van der Waals surface area (Å²) in [4.78, 5) is 14.2. The van der Waals surface area contributed by atoms with Crippen LogP contribution >= 0.6 is 0 Å². The Morgan fingerprint density at radius 1 is 1.22 bits per heavy atom. The number of hydrogen-bond donors (Lipinski definition) is 2. The third-order valence-electron chi connectivity index (χ3n) is 4.32. The van der Waals surface area contributed by atoms with Gasteiger partial charge in [-0.2, -0.15) is 0 Å². The van der Waals surface area contributed by atoms with Gasteiger partial charge < -0.3 is 10.6 Å². The summed E-state index contributed by atoms with van der Waals surface area (Å²) in [5.41, 5.74) is 0. The zero-order chi connectivity index (χ0) is 13.0. The molecule has 0 aliphatic heterocycles. The van der Waals surface area contributed by atoms with E-state index in [-0.39, 0.29) is 6.03 Å². The molecular weight excluding hydrogens is 226 g/mol. The van der Waals surface area contributed by atoms with E-state index >= 15 is 0 Å². The molecule has 0 saturated heterocycles. The van der Waals surface area contributed by atoms with Crippen molar-refractivity contribution in [3.05, 3.63) is 0 Å². The highest BCUT2D eigenvalue weighted by atomic mass is 16.2. The van der Waals surface area contributed by atoms with E-state index in [0.29, 0.717) is 12.1 Å². The summed E-state index contributed by atoms with van der Waals surface area (Å²) in [6, 6.07) is 1.59. The molecule has 0 aromatic carbocycles. The number of nitrogens with zero attached hydrogens (tertiary/aromatic N) is 1. The third kappa shape index (κ3) is 4.16. The Balaban J connectivity index is 1.61. The number of hydrogen-bond acceptors (Lipinski definition) is 2. The molecule has 4 nitrogen and oxygen atoms in total. The minimum atomic E-state index is 0.0120. The van der Waals surface area contributed by atoms with Crippen molar-refractivity contribution in [2.24, 2.45) is 0 Å². The number of carbonyl (C=O) groups excluding carboxylic acids is 1. The second kappa shape index (κ2) is 6.41. The normalized spacial score (nSPS) is 22.8. The summed E-state index contributed by atoms with van der Waals surface area (Å²) in [7, 11) is 2.16. The molecule has 4 heteroatoms. The van der Waals surface area contributed by atoms with Gasteiger partial charge in [-0.05, 0) is 39.7 Å². The highest BCUT2D eigenvalue weighted by Crippen LogP contribution is 2.26. The van der Waals surface area contributed by atoms with E-state index in [0.717, 1.165) is 25.4 Å². The number of nitrogens with one attached hydrogen (secondary N) is 2. The lowest BCUT2D eigenvalue weighted by Gasteiger charge is -2.26. The van der Waals surface area contributed by atoms with Gasteiger partial charge in [0.15, 0.2) is 0 Å². The average Bonchev–Trinajstić information content (AvgIpc) is 3.20. The van der Waals surface area contributed by atoms with Crippen molar-refractivity contribution < 1.29 is 4.79 Å². The molecule has 0 heterocycles. The Morgan fingerprint density at radius 3 is 2.50 bits per heavy atom. The molecule has 0 spiro atoms. The first-order valence-electron chi connectivity index (χ1n) is 7.43. The standard InChI is InChI=1S/C14H27N3O/c1-11(17(2)13-8-9-13)10-15-14(18)16-12-6-4-3-5-7-12/h11-13H,3-10H2,1-2H3,(H2,15,16,18)/t11-/m1/s1. The topological polar surface area (TPSA) is 44.4 Å². The Bertz CT molecular complexity index is 272. The molecule has 2 fully saturated rings. The molecule has 0 bridgehead atoms. The van der Waals surface area contributed by atoms with Gasteiger partial charge in [-0.3, -0.25) is 4.90 Å². The van der Waals surface area contributed by atoms with Crippen molar-refractivity contribution in [3.8, 4) is 0 Å². The molecule has 0 aromatic heterocycles. The van der Waals surface area contributed by atoms with Crippen LogP contribution < -0.4 is 10.6 Å². The van der Waals surface area contributed by atoms with Gasteiger partial charge in [-0.25, -0.2) is 4.79 Å². The molecule has 2 aliphatic carbocycles. The van der Waals surface area contributed by atoms with Crippen molar-refractivity contribution in [2.75, 3.05) is 13.6 Å². The van der Waals surface area contributed by atoms with Crippen molar-refractivity contribution in [1.29, 1.82) is 0 Å². The minimum absolute atomic E-state index is 0.0120. The Morgan fingerprint density at radius 2 is 1.89 bits per heavy atom. The summed E-state index contributed by atoms with van der Waals surface area (Å²) in [5, 5.41) is 6.09. The van der Waals surface area contributed by atoms with Crippen LogP contribution in [0.5, 0.6) is 0 Å². The number of urea groups is 1. The van der Waals surface area contributed by atoms with Crippen molar-refractivity contribution >= 4 is 6.03 Å². The average molecular weight is 253 g/mol. The van der Waals surface area contributed by atoms with E-state index in [1.165, 1.54) is 32.1 Å². The van der Waals surface area contributed by atoms with E-state index in [1.54, 1.807) is 0 Å². The summed E-state index contributed by atoms with van der Waals surface area (Å²) < 4.78 is 0. The first-order chi connectivity index (χ1) is 8.66. The number of rotatable bonds is 5. The van der Waals surface area contributed by atoms with Gasteiger partial charge in [0.1, 0.15) is 0 Å². The van der Waals surface area contributed by atoms with Gasteiger partial charge in [0.05, 0.1) is 0 Å². The van der Waals surface area contributed by atoms with E-state index in [4.69, 9.17) is 0 Å². The minimum Gasteiger partial charge on any atom is -0.337 e. The maximum atomic E-state index is 11.8. The lowest BCUT2D eigenvalue weighted by molar-refractivity contribution is 0.217. The summed E-state index contributed by atoms with van der Waals surface area (Å²) >= 11 is 0. The van der Waals surface area contributed by atoms with Crippen LogP contribution in [-0.2, 0) is 0 Å². The zero-order valence-corrected chi connectivity index (χ0v) is 11.7. The van der Waals surface area contributed by atoms with Crippen molar-refractivity contribution in [2.45, 2.75) is 70.0 Å². The lowest BCUT2D eigenvalue weighted by atomic mass is 9.96. The van der Waals surface area contributed by atoms with E-state index in [2.05, 4.69) is 29.5 Å². The highest BCUT2D eigenvalue weighted by Gasteiger charge is 2.29. The lowest BCUT2D eigenvalue weighted by Crippen LogP contribution is -2.47. The van der Waals surface area contributed by atoms with Crippen LogP contribution in [0.25, 0.3) is 0 Å². The second-order valence-electron chi connectivity index (χ2n) is 5.93. The van der Waals surface area contributed by atoms with Crippen LogP contribution in [0.2, 0.25) is 0 Å². The molecule has 104 valence electrons. The largest absolute Gasteiger partial charge is 0.337 e. The molecule has 2 aliphatic rings. The number of carbonyl (C=O) groups is 1. The predicted molar refractivity (Wildman–Crippen MR) is 73.7 cm³/mol. The van der Waals surface area contributed by atoms with Crippen LogP contribution in [0.4, 0.5) is 4.79 Å². The van der Waals surface area contributed by atoms with Crippen molar-refractivity contribution in [3.63, 3.8) is 0 Å². The van der Waals surface area contributed by atoms with Crippen LogP contribution in [0, 0.1) is 0 Å². The van der Waals surface area contributed by atoms with Gasteiger partial charge in [0.25, 0.3) is 0 Å². The monoisotopic (exact) mass is 253 g/mol. The first kappa shape index (κ1) is 13.7. The van der Waals surface area contributed by atoms with Crippen LogP contribution in [0.3, 0.4) is 0 Å². The number of likely N-dealkylation sites (N-methyl/N-ethyl adjacent to an activating group) is 1. The molecule has 2 saturated carbocycles. The fraction of sp³-hybridized carbons (Fsp3) is 0.929. The van der Waals surface area contributed by atoms with E-state index in [1.807, 2.05) is 0 Å². The highest BCUT2D eigenvalue weighted by molar-refractivity contribution is 5.74. The Hall–Kier alpha value is -0.770. The van der Waals surface area contributed by atoms with E-state index < -0.39 is 0 Å². The van der Waals surface area contributed by atoms with Gasteiger partial charge in [0.2, 0.25) is 0 Å². The zero-order valence-electron chi connectivity index (χ0n) is 11.7. The van der Waals surface area contributed by atoms with Crippen molar-refractivity contribution in [1.82, 2.24) is 15.5 Å². The summed E-state index contributed by atoms with van der Waals surface area (Å²) in [6.45, 7) is 2.92. The SMILES string of the molecule is C[C@H](CNC(=O)NC1CCCCC1)N(C)C1CC1. The van der Waals surface area contributed by atoms with Gasteiger partial charge in [0, 0.05) is 24.7 Å². The smallest absolute Gasteiger partial charge is 0.315 e. The maximum Gasteiger partial charge on any atom is 0.315 e. The summed E-state index contributed by atoms with van der Waals surface area (Å²) in [6.07, 6.45) is 8.75. The number of amides is 2. The molecule has 2 N–H and O–H groups in total. The van der Waals surface area contributed by atoms with Crippen LogP contribution in [0.1, 0.15) is 51.9 Å². The second-order valence-corrected chi connectivity index (χ2v) is 5.93. The molecular formula is C14H27N3O. The van der Waals surface area contributed by atoms with Gasteiger partial charge >= 0.3 is 6.03 Å². The predicted octanol–water partition coefficient (Wildman–Crippen LogP) is 2.10. The van der Waals surface area contributed by atoms with Crippen LogP contribution in [0.15, 0.2) is 0 Å². The fourth-order valence-corrected chi connectivity index (χ4v) is 2.71. The molecule has 0 aromatic rings. The maximum absolute atomic E-state index is 11.8. The molecule has 1 atom stereocenters. The quantitative estimate of drug-likeness (QED) is 0.788. The van der Waals surface area contributed by atoms with E-state index in [9.17, 15) is 4.79 Å². The molecule has 0 unspecified atom stereocenters. The Labute approximate surface area is 110 Å². The fourth-order valence-electron chi connectivity index (χ4n) is 2.71. The molecule has 18 heavy (non-hydrogen) atoms. The molecule has 0 radical (unpaired) electrons. The molecule has 2 rings (SSSR count). The Kier molecular flexibility index (Phi) is 4.87. The molecule has 2 amide bonds. The van der Waals surface area contributed by atoms with Gasteiger partial charge in [-0.15, -0.1) is 0 Å². The van der Waals surface area contributed by atoms with Crippen LogP contribution in [-0.4, -0.2) is 42.6 Å². The van der Waals surface area contributed by atoms with Gasteiger partial charge in [-0.1, -0.05) is 19.3 Å². The third-order valence-corrected chi connectivity index (χ3v) is 4.32. The first-order valence-corrected chi connectivity index (χ1v) is 7.43. The summed E-state index contributed by atoms with van der Waals surface area (Å²) in [5.74, 6) is 0.